The third-order valence-corrected chi connectivity index (χ3v) is 7.86. The monoisotopic (exact) mass is 628 g/mol. The topological polar surface area (TPSA) is 224 Å². The smallest absolute Gasteiger partial charge is 0.243 e. The van der Waals surface area contributed by atoms with Crippen LogP contribution in [0.3, 0.4) is 0 Å². The van der Waals surface area contributed by atoms with Crippen molar-refractivity contribution in [2.45, 2.75) is 76.3 Å². The molecule has 0 bridgehead atoms. The van der Waals surface area contributed by atoms with E-state index >= 15 is 0 Å². The number of amidine groups is 1. The van der Waals surface area contributed by atoms with Gasteiger partial charge in [-0.2, -0.15) is 0 Å². The first-order valence-corrected chi connectivity index (χ1v) is 14.7. The second-order valence-corrected chi connectivity index (χ2v) is 11.1. The maximum Gasteiger partial charge on any atom is 0.243 e. The van der Waals surface area contributed by atoms with Crippen molar-refractivity contribution in [3.63, 3.8) is 0 Å². The molecule has 0 aromatic heterocycles. The van der Waals surface area contributed by atoms with E-state index in [0.717, 1.165) is 48.8 Å². The number of halogens is 1. The molecule has 1 unspecified atom stereocenters. The third-order valence-electron chi connectivity index (χ3n) is 7.86. The molecule has 3 atom stereocenters. The number of guanidine groups is 1. The van der Waals surface area contributed by atoms with E-state index in [-0.39, 0.29) is 42.4 Å². The summed E-state index contributed by atoms with van der Waals surface area (Å²) in [6.07, 6.45) is 5.61. The molecule has 1 aliphatic rings. The maximum atomic E-state index is 14.0. The zero-order valence-corrected chi connectivity index (χ0v) is 25.9. The molecule has 0 radical (unpaired) electrons. The Morgan fingerprint density at radius 1 is 0.955 bits per heavy atom. The summed E-state index contributed by atoms with van der Waals surface area (Å²) in [4.78, 5) is 43.9. The predicted octanol–water partition coefficient (Wildman–Crippen LogP) is 1.93. The average Bonchev–Trinajstić information content (AvgIpc) is 3.00. The van der Waals surface area contributed by atoms with Crippen LogP contribution < -0.4 is 33.6 Å². The fourth-order valence-electron chi connectivity index (χ4n) is 5.52. The lowest BCUT2D eigenvalue weighted by Crippen LogP contribution is -2.56. The van der Waals surface area contributed by atoms with Crippen LogP contribution in [0.2, 0.25) is 0 Å². The number of rotatable bonds is 14. The second-order valence-electron chi connectivity index (χ2n) is 11.1. The van der Waals surface area contributed by atoms with Crippen LogP contribution in [0.15, 0.2) is 58.7 Å². The van der Waals surface area contributed by atoms with Crippen LogP contribution in [-0.2, 0) is 20.8 Å². The van der Waals surface area contributed by atoms with Gasteiger partial charge in [-0.3, -0.25) is 19.4 Å². The fraction of sp³-hybridized carbons (Fsp3) is 0.452. The van der Waals surface area contributed by atoms with Crippen LogP contribution in [0, 0.1) is 12.8 Å². The Labute approximate surface area is 264 Å². The van der Waals surface area contributed by atoms with E-state index in [1.54, 1.807) is 12.1 Å². The van der Waals surface area contributed by atoms with Crippen LogP contribution in [0.25, 0.3) is 0 Å². The minimum atomic E-state index is -0.925. The van der Waals surface area contributed by atoms with Gasteiger partial charge in [-0.05, 0) is 56.1 Å². The Morgan fingerprint density at radius 2 is 1.64 bits per heavy atom. The number of amides is 3. The number of carbonyl (C=O) groups is 3. The van der Waals surface area contributed by atoms with Gasteiger partial charge in [-0.15, -0.1) is 12.4 Å². The van der Waals surface area contributed by atoms with Crippen LogP contribution >= 0.6 is 12.4 Å². The zero-order valence-electron chi connectivity index (χ0n) is 25.1. The van der Waals surface area contributed by atoms with E-state index in [2.05, 4.69) is 20.8 Å². The van der Waals surface area contributed by atoms with Crippen molar-refractivity contribution in [3.8, 4) is 0 Å². The van der Waals surface area contributed by atoms with Gasteiger partial charge >= 0.3 is 0 Å². The first kappa shape index (κ1) is 35.9. The van der Waals surface area contributed by atoms with Crippen molar-refractivity contribution in [1.29, 1.82) is 0 Å². The molecule has 1 aliphatic carbocycles. The number of aliphatic imine (C=N–C) groups is 1. The Kier molecular flexibility index (Phi) is 14.4. The summed E-state index contributed by atoms with van der Waals surface area (Å²) in [5.74, 6) is -2.13. The molecule has 240 valence electrons. The van der Waals surface area contributed by atoms with Crippen molar-refractivity contribution >= 4 is 41.9 Å². The molecule has 0 spiro atoms. The Balaban J connectivity index is 0.00000675. The summed E-state index contributed by atoms with van der Waals surface area (Å²) in [6, 6.07) is 13.1. The van der Waals surface area contributed by atoms with Crippen molar-refractivity contribution in [1.82, 2.24) is 10.6 Å². The van der Waals surface area contributed by atoms with Crippen LogP contribution in [-0.4, -0.2) is 53.4 Å². The molecule has 12 nitrogen and oxygen atoms in total. The van der Waals surface area contributed by atoms with Gasteiger partial charge in [0, 0.05) is 12.1 Å². The van der Waals surface area contributed by atoms with Gasteiger partial charge in [-0.25, -0.2) is 0 Å². The van der Waals surface area contributed by atoms with Crippen molar-refractivity contribution < 1.29 is 19.6 Å². The van der Waals surface area contributed by atoms with Gasteiger partial charge in [0.15, 0.2) is 11.8 Å². The number of primary amides is 1. The number of benzene rings is 2. The standard InChI is InChI=1S/C31H44N8O4.ClH/c1-19-7-5-10-23(17-19)24(18-20-12-14-22(15-13-20)27(32)39-43)29(41)38-26(21-8-3-2-4-9-21)30(42)37-25(28(33)40)11-6-16-36-31(34)35;/h5,7,10,12-15,17,21,24-26,43H,2-4,6,8-9,11,16,18H2,1H3,(H2,32,39)(H2,33,40)(H,37,42)(H,38,41)(H4,34,35,36);1H/t24?,25-,26-;/m0./s1. The molecule has 13 heteroatoms. The van der Waals surface area contributed by atoms with Gasteiger partial charge in [0.1, 0.15) is 12.1 Å². The first-order chi connectivity index (χ1) is 20.6. The maximum absolute atomic E-state index is 14.0. The van der Waals surface area contributed by atoms with E-state index in [1.807, 2.05) is 43.3 Å². The number of nitrogens with two attached hydrogens (primary N) is 4. The minimum absolute atomic E-state index is 0. The first-order valence-electron chi connectivity index (χ1n) is 14.7. The molecule has 1 saturated carbocycles. The summed E-state index contributed by atoms with van der Waals surface area (Å²) in [5, 5.41) is 17.9. The van der Waals surface area contributed by atoms with Gasteiger partial charge in [0.2, 0.25) is 17.7 Å². The highest BCUT2D eigenvalue weighted by atomic mass is 35.5. The van der Waals surface area contributed by atoms with Gasteiger partial charge in [0.05, 0.1) is 5.92 Å². The largest absolute Gasteiger partial charge is 0.409 e. The van der Waals surface area contributed by atoms with Crippen molar-refractivity contribution in [2.24, 2.45) is 39.0 Å². The average molecular weight is 629 g/mol. The SMILES string of the molecule is Cc1cccc(C(Cc2ccc(/C(N)=N/O)cc2)C(=O)N[C@H](C(=O)N[C@@H](CCCN=C(N)N)C(N)=O)C2CCCCC2)c1.Cl. The van der Waals surface area contributed by atoms with E-state index in [9.17, 15) is 14.4 Å². The molecule has 44 heavy (non-hydrogen) atoms. The number of aryl methyl sites for hydroxylation is 1. The third kappa shape index (κ3) is 10.7. The Bertz CT molecular complexity index is 1310. The molecule has 11 N–H and O–H groups in total. The number of carbonyl (C=O) groups excluding carboxylic acids is 3. The number of oxime groups is 1. The molecular formula is C31H45ClN8O4. The van der Waals surface area contributed by atoms with Gasteiger partial charge in [-0.1, -0.05) is 78.5 Å². The van der Waals surface area contributed by atoms with Crippen molar-refractivity contribution in [2.75, 3.05) is 6.54 Å². The van der Waals surface area contributed by atoms with Crippen molar-refractivity contribution in [3.05, 3.63) is 70.8 Å². The van der Waals surface area contributed by atoms with Crippen LogP contribution in [0.4, 0.5) is 0 Å². The zero-order chi connectivity index (χ0) is 31.4. The highest BCUT2D eigenvalue weighted by molar-refractivity contribution is 5.97. The summed E-state index contributed by atoms with van der Waals surface area (Å²) in [7, 11) is 0. The molecule has 3 amide bonds. The quantitative estimate of drug-likeness (QED) is 0.0540. The summed E-state index contributed by atoms with van der Waals surface area (Å²) >= 11 is 0. The number of nitrogens with one attached hydrogen (secondary N) is 2. The van der Waals surface area contributed by atoms with Crippen LogP contribution in [0.1, 0.15) is 73.1 Å². The normalized spacial score (nSPS) is 15.6. The molecule has 0 heterocycles. The summed E-state index contributed by atoms with van der Waals surface area (Å²) in [6.45, 7) is 2.25. The molecule has 2 aromatic rings. The number of nitrogens with zero attached hydrogens (tertiary/aromatic N) is 2. The Hall–Kier alpha value is -4.32. The fourth-order valence-corrected chi connectivity index (χ4v) is 5.52. The molecule has 0 aliphatic heterocycles. The highest BCUT2D eigenvalue weighted by Crippen LogP contribution is 2.29. The number of hydrogen-bond acceptors (Lipinski definition) is 6. The lowest BCUT2D eigenvalue weighted by atomic mass is 9.82. The lowest BCUT2D eigenvalue weighted by molar-refractivity contribution is -0.133. The van der Waals surface area contributed by atoms with E-state index in [0.29, 0.717) is 24.9 Å². The molecule has 2 aromatic carbocycles. The van der Waals surface area contributed by atoms with Crippen LogP contribution in [0.5, 0.6) is 0 Å². The number of hydrogen-bond donors (Lipinski definition) is 7. The Morgan fingerprint density at radius 3 is 2.23 bits per heavy atom. The lowest BCUT2D eigenvalue weighted by Gasteiger charge is -2.32. The highest BCUT2D eigenvalue weighted by Gasteiger charge is 2.35. The molecular weight excluding hydrogens is 584 g/mol. The molecule has 0 saturated heterocycles. The summed E-state index contributed by atoms with van der Waals surface area (Å²) in [5.41, 5.74) is 25.3. The minimum Gasteiger partial charge on any atom is -0.409 e. The van der Waals surface area contributed by atoms with E-state index in [1.165, 1.54) is 0 Å². The second kappa shape index (κ2) is 17.7. The predicted molar refractivity (Wildman–Crippen MR) is 173 cm³/mol. The van der Waals surface area contributed by atoms with E-state index < -0.39 is 29.8 Å². The summed E-state index contributed by atoms with van der Waals surface area (Å²) < 4.78 is 0. The van der Waals surface area contributed by atoms with Gasteiger partial charge < -0.3 is 38.8 Å². The van der Waals surface area contributed by atoms with E-state index in [4.69, 9.17) is 28.1 Å². The van der Waals surface area contributed by atoms with Gasteiger partial charge in [0.25, 0.3) is 0 Å². The molecule has 3 rings (SSSR count). The molecule has 1 fully saturated rings.